The van der Waals surface area contributed by atoms with Gasteiger partial charge in [-0.3, -0.25) is 9.59 Å². The van der Waals surface area contributed by atoms with E-state index in [1.807, 2.05) is 11.8 Å². The van der Waals surface area contributed by atoms with Gasteiger partial charge < -0.3 is 10.2 Å². The fourth-order valence-corrected chi connectivity index (χ4v) is 4.35. The molecule has 1 saturated heterocycles. The van der Waals surface area contributed by atoms with Gasteiger partial charge in [0, 0.05) is 5.54 Å². The lowest BCUT2D eigenvalue weighted by Crippen LogP contribution is -2.69. The van der Waals surface area contributed by atoms with Crippen LogP contribution in [0.5, 0.6) is 0 Å². The van der Waals surface area contributed by atoms with Gasteiger partial charge in [0.1, 0.15) is 12.1 Å². The highest BCUT2D eigenvalue weighted by Gasteiger charge is 2.52. The van der Waals surface area contributed by atoms with E-state index in [4.69, 9.17) is 0 Å². The topological polar surface area (TPSA) is 49.4 Å². The molecular formula is C17H28N2O2. The molecule has 0 aromatic carbocycles. The molecule has 0 spiro atoms. The van der Waals surface area contributed by atoms with E-state index in [-0.39, 0.29) is 29.4 Å². The number of hydrogen-bond acceptors (Lipinski definition) is 2. The first-order valence-corrected chi connectivity index (χ1v) is 8.56. The second-order valence-electron chi connectivity index (χ2n) is 7.70. The minimum Gasteiger partial charge on any atom is -0.342 e. The average molecular weight is 292 g/mol. The van der Waals surface area contributed by atoms with Crippen LogP contribution >= 0.6 is 0 Å². The van der Waals surface area contributed by atoms with Gasteiger partial charge in [-0.25, -0.2) is 0 Å². The second-order valence-corrected chi connectivity index (χ2v) is 7.70. The summed E-state index contributed by atoms with van der Waals surface area (Å²) in [5.41, 5.74) is -0.193. The Balaban J connectivity index is 1.84. The molecule has 0 bridgehead atoms. The Morgan fingerprint density at radius 1 is 1.05 bits per heavy atom. The van der Waals surface area contributed by atoms with E-state index in [9.17, 15) is 9.59 Å². The van der Waals surface area contributed by atoms with Crippen LogP contribution in [0.15, 0.2) is 0 Å². The van der Waals surface area contributed by atoms with Crippen LogP contribution in [-0.4, -0.2) is 34.3 Å². The van der Waals surface area contributed by atoms with Crippen molar-refractivity contribution in [3.8, 4) is 0 Å². The fraction of sp³-hybridized carbons (Fsp3) is 0.882. The smallest absolute Gasteiger partial charge is 0.246 e. The molecular weight excluding hydrogens is 264 g/mol. The van der Waals surface area contributed by atoms with Crippen LogP contribution in [0.2, 0.25) is 0 Å². The summed E-state index contributed by atoms with van der Waals surface area (Å²) in [6, 6.07) is -0.625. The predicted molar refractivity (Wildman–Crippen MR) is 81.6 cm³/mol. The first-order valence-electron chi connectivity index (χ1n) is 8.56. The number of nitrogens with one attached hydrogen (secondary N) is 1. The van der Waals surface area contributed by atoms with Gasteiger partial charge in [-0.05, 0) is 58.3 Å². The molecule has 2 aliphatic carbocycles. The van der Waals surface area contributed by atoms with Gasteiger partial charge in [-0.15, -0.1) is 0 Å². The zero-order chi connectivity index (χ0) is 15.2. The van der Waals surface area contributed by atoms with Crippen molar-refractivity contribution in [1.82, 2.24) is 10.2 Å². The highest BCUT2D eigenvalue weighted by atomic mass is 16.2. The zero-order valence-corrected chi connectivity index (χ0v) is 13.5. The third-order valence-corrected chi connectivity index (χ3v) is 5.89. The van der Waals surface area contributed by atoms with Crippen LogP contribution in [0.4, 0.5) is 0 Å². The number of carbonyl (C=O) groups excluding carboxylic acids is 2. The molecule has 2 unspecified atom stereocenters. The summed E-state index contributed by atoms with van der Waals surface area (Å²) < 4.78 is 0. The molecule has 3 fully saturated rings. The molecule has 0 aromatic rings. The Bertz CT molecular complexity index is 436. The Labute approximate surface area is 127 Å². The van der Waals surface area contributed by atoms with E-state index >= 15 is 0 Å². The van der Waals surface area contributed by atoms with Crippen molar-refractivity contribution in [2.45, 2.75) is 83.3 Å². The Kier molecular flexibility index (Phi) is 3.74. The third-order valence-electron chi connectivity index (χ3n) is 5.89. The van der Waals surface area contributed by atoms with Gasteiger partial charge in [0.2, 0.25) is 11.8 Å². The van der Waals surface area contributed by atoms with Crippen LogP contribution < -0.4 is 5.32 Å². The molecule has 4 nitrogen and oxygen atoms in total. The van der Waals surface area contributed by atoms with Crippen molar-refractivity contribution in [2.75, 3.05) is 0 Å². The quantitative estimate of drug-likeness (QED) is 0.868. The normalized spacial score (nSPS) is 32.2. The Morgan fingerprint density at radius 2 is 1.67 bits per heavy atom. The van der Waals surface area contributed by atoms with Gasteiger partial charge in [0.05, 0.1) is 0 Å². The van der Waals surface area contributed by atoms with Crippen molar-refractivity contribution in [1.29, 1.82) is 0 Å². The maximum absolute atomic E-state index is 13.1. The van der Waals surface area contributed by atoms with Crippen LogP contribution in [0.3, 0.4) is 0 Å². The summed E-state index contributed by atoms with van der Waals surface area (Å²) in [4.78, 5) is 27.4. The summed E-state index contributed by atoms with van der Waals surface area (Å²) in [6.07, 6.45) is 8.14. The van der Waals surface area contributed by atoms with Crippen molar-refractivity contribution >= 4 is 11.8 Å². The standard InChI is InChI=1S/C17H28N2O2/c1-11-15(20)18-14(12-7-5-4-6-8-12)16(21)19(11)17(2,3)13-9-10-13/h11-14H,4-10H2,1-3H3,(H,18,20). The first kappa shape index (κ1) is 14.9. The maximum atomic E-state index is 13.1. The molecule has 1 heterocycles. The van der Waals surface area contributed by atoms with E-state index < -0.39 is 0 Å². The zero-order valence-electron chi connectivity index (χ0n) is 13.5. The SMILES string of the molecule is CC1C(=O)NC(C2CCCCC2)C(=O)N1C(C)(C)C1CC1. The summed E-state index contributed by atoms with van der Waals surface area (Å²) in [6.45, 7) is 6.14. The number of rotatable bonds is 3. The van der Waals surface area contributed by atoms with E-state index in [0.717, 1.165) is 12.8 Å². The van der Waals surface area contributed by atoms with Gasteiger partial charge in [0.15, 0.2) is 0 Å². The lowest BCUT2D eigenvalue weighted by molar-refractivity contribution is -0.158. The number of piperazine rings is 1. The van der Waals surface area contributed by atoms with E-state index in [2.05, 4.69) is 19.2 Å². The molecule has 1 N–H and O–H groups in total. The van der Waals surface area contributed by atoms with Crippen molar-refractivity contribution in [2.24, 2.45) is 11.8 Å². The molecule has 3 rings (SSSR count). The van der Waals surface area contributed by atoms with Crippen LogP contribution in [0.1, 0.15) is 65.7 Å². The first-order chi connectivity index (χ1) is 9.93. The van der Waals surface area contributed by atoms with Crippen LogP contribution in [-0.2, 0) is 9.59 Å². The third kappa shape index (κ3) is 2.58. The van der Waals surface area contributed by atoms with Gasteiger partial charge in [-0.2, -0.15) is 0 Å². The summed E-state index contributed by atoms with van der Waals surface area (Å²) in [5, 5.41) is 3.02. The van der Waals surface area contributed by atoms with Crippen molar-refractivity contribution in [3.63, 3.8) is 0 Å². The van der Waals surface area contributed by atoms with Gasteiger partial charge in [-0.1, -0.05) is 19.3 Å². The molecule has 2 saturated carbocycles. The summed E-state index contributed by atoms with van der Waals surface area (Å²) >= 11 is 0. The number of hydrogen-bond donors (Lipinski definition) is 1. The molecule has 0 radical (unpaired) electrons. The van der Waals surface area contributed by atoms with Crippen LogP contribution in [0.25, 0.3) is 0 Å². The molecule has 2 amide bonds. The molecule has 3 aliphatic rings. The average Bonchev–Trinajstić information content (AvgIpc) is 3.29. The minimum atomic E-state index is -0.340. The minimum absolute atomic E-state index is 0.0268. The van der Waals surface area contributed by atoms with Crippen LogP contribution in [0, 0.1) is 11.8 Å². The van der Waals surface area contributed by atoms with Gasteiger partial charge in [0.25, 0.3) is 0 Å². The molecule has 4 heteroatoms. The van der Waals surface area contributed by atoms with E-state index in [1.165, 1.54) is 32.1 Å². The molecule has 1 aliphatic heterocycles. The lowest BCUT2D eigenvalue weighted by atomic mass is 9.81. The number of amides is 2. The predicted octanol–water partition coefficient (Wildman–Crippen LogP) is 2.47. The number of carbonyl (C=O) groups is 2. The number of nitrogens with zero attached hydrogens (tertiary/aromatic N) is 1. The van der Waals surface area contributed by atoms with Crippen molar-refractivity contribution < 1.29 is 9.59 Å². The Morgan fingerprint density at radius 3 is 2.24 bits per heavy atom. The summed E-state index contributed by atoms with van der Waals surface area (Å²) in [5.74, 6) is 1.08. The largest absolute Gasteiger partial charge is 0.342 e. The monoisotopic (exact) mass is 292 g/mol. The molecule has 2 atom stereocenters. The lowest BCUT2D eigenvalue weighted by Gasteiger charge is -2.49. The molecule has 21 heavy (non-hydrogen) atoms. The van der Waals surface area contributed by atoms with Crippen molar-refractivity contribution in [3.05, 3.63) is 0 Å². The molecule has 118 valence electrons. The van der Waals surface area contributed by atoms with Gasteiger partial charge >= 0.3 is 0 Å². The maximum Gasteiger partial charge on any atom is 0.246 e. The summed E-state index contributed by atoms with van der Waals surface area (Å²) in [7, 11) is 0. The van der Waals surface area contributed by atoms with E-state index in [1.54, 1.807) is 0 Å². The second kappa shape index (κ2) is 5.29. The highest BCUT2D eigenvalue weighted by Crippen LogP contribution is 2.45. The Hall–Kier alpha value is -1.06. The molecule has 0 aromatic heterocycles. The van der Waals surface area contributed by atoms with E-state index in [0.29, 0.717) is 11.8 Å². The highest BCUT2D eigenvalue weighted by molar-refractivity contribution is 5.97. The fourth-order valence-electron chi connectivity index (χ4n) is 4.35.